The molecule has 1 unspecified atom stereocenters. The van der Waals surface area contributed by atoms with Crippen LogP contribution in [0.5, 0.6) is 5.75 Å². The van der Waals surface area contributed by atoms with Gasteiger partial charge in [-0.3, -0.25) is 0 Å². The molecule has 0 saturated heterocycles. The topological polar surface area (TPSA) is 9.23 Å². The lowest BCUT2D eigenvalue weighted by atomic mass is 10.3. The van der Waals surface area contributed by atoms with Crippen LogP contribution in [0.4, 0.5) is 0 Å². The van der Waals surface area contributed by atoms with Gasteiger partial charge >= 0.3 is 0 Å². The lowest BCUT2D eigenvalue weighted by Gasteiger charge is -2.16. The Morgan fingerprint density at radius 1 is 1.50 bits per heavy atom. The largest absolute Gasteiger partial charge is 0.472 e. The summed E-state index contributed by atoms with van der Waals surface area (Å²) in [5.74, 6) is 0.963. The number of fused-ring (bicyclic) bond motifs is 1. The van der Waals surface area contributed by atoms with E-state index in [2.05, 4.69) is 12.6 Å². The van der Waals surface area contributed by atoms with Crippen LogP contribution >= 0.6 is 11.8 Å². The molecule has 2 heteroatoms. The molecule has 0 radical (unpaired) electrons. The number of benzene rings is 1. The van der Waals surface area contributed by atoms with Gasteiger partial charge in [-0.05, 0) is 25.1 Å². The Balaban J connectivity index is 2.39. The predicted octanol–water partition coefficient (Wildman–Crippen LogP) is 3.07. The van der Waals surface area contributed by atoms with Crippen molar-refractivity contribution >= 4 is 11.8 Å². The number of thioether (sulfide) groups is 1. The molecule has 0 N–H and O–H groups in total. The second kappa shape index (κ2) is 2.56. The van der Waals surface area contributed by atoms with E-state index in [1.54, 1.807) is 11.8 Å². The third-order valence-electron chi connectivity index (χ3n) is 1.85. The molecule has 1 aromatic carbocycles. The van der Waals surface area contributed by atoms with Gasteiger partial charge in [0.2, 0.25) is 0 Å². The third-order valence-corrected chi connectivity index (χ3v) is 3.06. The number of hydrogen-bond acceptors (Lipinski definition) is 2. The summed E-state index contributed by atoms with van der Waals surface area (Å²) in [5.41, 5.74) is 0. The highest BCUT2D eigenvalue weighted by Gasteiger charge is 2.32. The molecule has 1 aliphatic rings. The van der Waals surface area contributed by atoms with E-state index in [9.17, 15) is 0 Å². The van der Waals surface area contributed by atoms with Gasteiger partial charge in [0.1, 0.15) is 5.75 Å². The van der Waals surface area contributed by atoms with Crippen molar-refractivity contribution in [2.24, 2.45) is 0 Å². The number of para-hydroxylation sites is 1. The van der Waals surface area contributed by atoms with Gasteiger partial charge in [-0.1, -0.05) is 30.5 Å². The number of rotatable bonds is 1. The van der Waals surface area contributed by atoms with Crippen LogP contribution in [-0.4, -0.2) is 4.93 Å². The van der Waals surface area contributed by atoms with Crippen LogP contribution in [-0.2, 0) is 0 Å². The maximum atomic E-state index is 5.69. The average molecular weight is 178 g/mol. The van der Waals surface area contributed by atoms with E-state index in [0.29, 0.717) is 0 Å². The van der Waals surface area contributed by atoms with Crippen molar-refractivity contribution in [1.82, 2.24) is 0 Å². The van der Waals surface area contributed by atoms with E-state index in [1.807, 2.05) is 31.2 Å². The quantitative estimate of drug-likeness (QED) is 0.611. The van der Waals surface area contributed by atoms with Crippen molar-refractivity contribution in [2.45, 2.75) is 16.8 Å². The maximum absolute atomic E-state index is 5.69. The minimum absolute atomic E-state index is 0.274. The molecule has 0 amide bonds. The highest BCUT2D eigenvalue weighted by atomic mass is 32.2. The molecule has 0 fully saturated rings. The summed E-state index contributed by atoms with van der Waals surface area (Å²) in [6.07, 6.45) is 1.83. The van der Waals surface area contributed by atoms with Gasteiger partial charge in [0.25, 0.3) is 0 Å². The summed E-state index contributed by atoms with van der Waals surface area (Å²) >= 11 is 1.70. The van der Waals surface area contributed by atoms with E-state index in [0.717, 1.165) is 5.75 Å². The zero-order valence-corrected chi connectivity index (χ0v) is 7.73. The summed E-state index contributed by atoms with van der Waals surface area (Å²) in [6, 6.07) is 8.05. The summed E-state index contributed by atoms with van der Waals surface area (Å²) in [6.45, 7) is 5.77. The molecule has 0 aliphatic carbocycles. The van der Waals surface area contributed by atoms with Gasteiger partial charge in [-0.2, -0.15) is 0 Å². The third kappa shape index (κ3) is 1.12. The Kier molecular flexibility index (Phi) is 1.65. The van der Waals surface area contributed by atoms with Crippen molar-refractivity contribution in [3.8, 4) is 5.75 Å². The second-order valence-corrected chi connectivity index (χ2v) is 4.33. The molecule has 0 saturated carbocycles. The van der Waals surface area contributed by atoms with E-state index in [4.69, 9.17) is 4.74 Å². The fraction of sp³-hybridized carbons (Fsp3) is 0.200. The summed E-state index contributed by atoms with van der Waals surface area (Å²) < 4.78 is 5.69. The van der Waals surface area contributed by atoms with Crippen LogP contribution in [0.3, 0.4) is 0 Å². The predicted molar refractivity (Wildman–Crippen MR) is 51.5 cm³/mol. The molecule has 0 spiro atoms. The van der Waals surface area contributed by atoms with Gasteiger partial charge in [0.15, 0.2) is 4.93 Å². The van der Waals surface area contributed by atoms with Gasteiger partial charge in [-0.15, -0.1) is 0 Å². The first kappa shape index (κ1) is 7.74. The molecular formula is C10H10OS. The first-order valence-electron chi connectivity index (χ1n) is 3.84. The smallest absolute Gasteiger partial charge is 0.174 e. The zero-order valence-electron chi connectivity index (χ0n) is 6.91. The van der Waals surface area contributed by atoms with Crippen LogP contribution in [0.25, 0.3) is 0 Å². The van der Waals surface area contributed by atoms with Crippen molar-refractivity contribution in [3.63, 3.8) is 0 Å². The van der Waals surface area contributed by atoms with Crippen LogP contribution in [0.15, 0.2) is 41.8 Å². The van der Waals surface area contributed by atoms with Crippen LogP contribution in [0, 0.1) is 0 Å². The maximum Gasteiger partial charge on any atom is 0.174 e. The van der Waals surface area contributed by atoms with Crippen molar-refractivity contribution in [2.75, 3.05) is 0 Å². The fourth-order valence-electron chi connectivity index (χ4n) is 1.16. The minimum atomic E-state index is -0.274. The van der Waals surface area contributed by atoms with Crippen molar-refractivity contribution in [1.29, 1.82) is 0 Å². The Labute approximate surface area is 76.4 Å². The monoisotopic (exact) mass is 178 g/mol. The molecule has 0 aromatic heterocycles. The van der Waals surface area contributed by atoms with Gasteiger partial charge < -0.3 is 4.74 Å². The SMILES string of the molecule is C=CC1(C)Oc2ccccc2S1. The molecule has 2 rings (SSSR count). The molecule has 1 aliphatic heterocycles. The first-order valence-corrected chi connectivity index (χ1v) is 4.66. The zero-order chi connectivity index (χ0) is 8.60. The van der Waals surface area contributed by atoms with Crippen molar-refractivity contribution in [3.05, 3.63) is 36.9 Å². The Morgan fingerprint density at radius 3 is 2.92 bits per heavy atom. The summed E-state index contributed by atoms with van der Waals surface area (Å²) in [5, 5.41) is 0. The molecule has 62 valence electrons. The standard InChI is InChI=1S/C10H10OS/c1-3-10(2)11-8-6-4-5-7-9(8)12-10/h3-7H,1H2,2H3. The first-order chi connectivity index (χ1) is 5.73. The van der Waals surface area contributed by atoms with Crippen molar-refractivity contribution < 1.29 is 4.74 Å². The van der Waals surface area contributed by atoms with Gasteiger partial charge in [0, 0.05) is 0 Å². The average Bonchev–Trinajstić information content (AvgIpc) is 2.42. The Hall–Kier alpha value is -0.890. The minimum Gasteiger partial charge on any atom is -0.472 e. The summed E-state index contributed by atoms with van der Waals surface area (Å²) in [7, 11) is 0. The lowest BCUT2D eigenvalue weighted by molar-refractivity contribution is 0.244. The van der Waals surface area contributed by atoms with E-state index in [1.165, 1.54) is 4.90 Å². The molecule has 1 atom stereocenters. The molecule has 1 heterocycles. The van der Waals surface area contributed by atoms with Crippen LogP contribution < -0.4 is 4.74 Å². The van der Waals surface area contributed by atoms with Gasteiger partial charge in [0.05, 0.1) is 4.90 Å². The summed E-state index contributed by atoms with van der Waals surface area (Å²) in [4.78, 5) is 0.920. The van der Waals surface area contributed by atoms with E-state index in [-0.39, 0.29) is 4.93 Å². The molecular weight excluding hydrogens is 168 g/mol. The lowest BCUT2D eigenvalue weighted by Crippen LogP contribution is -2.19. The van der Waals surface area contributed by atoms with Gasteiger partial charge in [-0.25, -0.2) is 0 Å². The van der Waals surface area contributed by atoms with E-state index < -0.39 is 0 Å². The Bertz CT molecular complexity index is 294. The Morgan fingerprint density at radius 2 is 2.25 bits per heavy atom. The van der Waals surface area contributed by atoms with Crippen LogP contribution in [0.1, 0.15) is 6.92 Å². The second-order valence-electron chi connectivity index (χ2n) is 2.87. The van der Waals surface area contributed by atoms with Crippen LogP contribution in [0.2, 0.25) is 0 Å². The highest BCUT2D eigenvalue weighted by molar-refractivity contribution is 8.01. The fourth-order valence-corrected chi connectivity index (χ4v) is 2.17. The number of ether oxygens (including phenoxy) is 1. The molecule has 12 heavy (non-hydrogen) atoms. The van der Waals surface area contributed by atoms with E-state index >= 15 is 0 Å². The highest BCUT2D eigenvalue weighted by Crippen LogP contribution is 2.47. The molecule has 1 nitrogen and oxygen atoms in total. The normalized spacial score (nSPS) is 26.1. The molecule has 0 bridgehead atoms. The molecule has 1 aromatic rings. The number of hydrogen-bond donors (Lipinski definition) is 0.